The fraction of sp³-hybridized carbons (Fsp3) is 0.200. The largest absolute Gasteiger partial charge is 0.321 e. The Labute approximate surface area is 75.9 Å². The van der Waals surface area contributed by atoms with Crippen molar-refractivity contribution in [3.63, 3.8) is 0 Å². The Bertz CT molecular complexity index is 313. The van der Waals surface area contributed by atoms with Crippen molar-refractivity contribution in [3.8, 4) is 0 Å². The van der Waals surface area contributed by atoms with Gasteiger partial charge in [0.15, 0.2) is 0 Å². The molecule has 0 fully saturated rings. The van der Waals surface area contributed by atoms with E-state index in [0.29, 0.717) is 11.1 Å². The summed E-state index contributed by atoms with van der Waals surface area (Å²) < 4.78 is 25.5. The molecule has 0 heterocycles. The van der Waals surface area contributed by atoms with Gasteiger partial charge >= 0.3 is 0 Å². The zero-order chi connectivity index (χ0) is 10.0. The minimum atomic E-state index is -0.619. The van der Waals surface area contributed by atoms with Gasteiger partial charge in [-0.3, -0.25) is 0 Å². The summed E-state index contributed by atoms with van der Waals surface area (Å²) in [7, 11) is 0. The Morgan fingerprint density at radius 1 is 1.31 bits per heavy atom. The maximum atomic E-state index is 12.7. The highest BCUT2D eigenvalue weighted by molar-refractivity contribution is 5.26. The van der Waals surface area contributed by atoms with Crippen LogP contribution in [0.1, 0.15) is 18.5 Å². The van der Waals surface area contributed by atoms with E-state index >= 15 is 0 Å². The van der Waals surface area contributed by atoms with E-state index in [1.165, 1.54) is 12.1 Å². The van der Waals surface area contributed by atoms with Crippen molar-refractivity contribution in [3.05, 3.63) is 47.5 Å². The third-order valence-electron chi connectivity index (χ3n) is 1.77. The van der Waals surface area contributed by atoms with E-state index in [1.807, 2.05) is 0 Å². The van der Waals surface area contributed by atoms with Crippen LogP contribution in [-0.4, -0.2) is 0 Å². The molecule has 0 aromatic heterocycles. The van der Waals surface area contributed by atoms with Crippen LogP contribution in [0.3, 0.4) is 0 Å². The quantitative estimate of drug-likeness (QED) is 0.700. The highest BCUT2D eigenvalue weighted by atomic mass is 19.1. The molecule has 70 valence electrons. The van der Waals surface area contributed by atoms with E-state index in [0.717, 1.165) is 6.07 Å². The SMILES string of the molecule is C=C(C)C(N)c1cc(F)cc(F)c1. The molecule has 13 heavy (non-hydrogen) atoms. The van der Waals surface area contributed by atoms with E-state index in [1.54, 1.807) is 6.92 Å². The summed E-state index contributed by atoms with van der Waals surface area (Å²) in [5.41, 5.74) is 6.72. The first-order chi connectivity index (χ1) is 6.00. The zero-order valence-electron chi connectivity index (χ0n) is 7.35. The molecule has 0 radical (unpaired) electrons. The number of nitrogens with two attached hydrogens (primary N) is 1. The average molecular weight is 183 g/mol. The van der Waals surface area contributed by atoms with Gasteiger partial charge in [-0.2, -0.15) is 0 Å². The lowest BCUT2D eigenvalue weighted by molar-refractivity contribution is 0.577. The van der Waals surface area contributed by atoms with Gasteiger partial charge in [0.1, 0.15) is 11.6 Å². The summed E-state index contributed by atoms with van der Waals surface area (Å²) in [6.07, 6.45) is 0. The summed E-state index contributed by atoms with van der Waals surface area (Å²) in [4.78, 5) is 0. The maximum Gasteiger partial charge on any atom is 0.126 e. The van der Waals surface area contributed by atoms with Gasteiger partial charge in [-0.1, -0.05) is 12.2 Å². The summed E-state index contributed by atoms with van der Waals surface area (Å²) in [5, 5.41) is 0. The van der Waals surface area contributed by atoms with Crippen LogP contribution in [0.15, 0.2) is 30.4 Å². The molecule has 0 saturated heterocycles. The lowest BCUT2D eigenvalue weighted by Gasteiger charge is -2.11. The van der Waals surface area contributed by atoms with Crippen molar-refractivity contribution in [2.75, 3.05) is 0 Å². The van der Waals surface area contributed by atoms with E-state index in [-0.39, 0.29) is 0 Å². The van der Waals surface area contributed by atoms with Crippen LogP contribution in [-0.2, 0) is 0 Å². The van der Waals surface area contributed by atoms with Gasteiger partial charge in [-0.15, -0.1) is 0 Å². The van der Waals surface area contributed by atoms with Crippen molar-refractivity contribution >= 4 is 0 Å². The fourth-order valence-corrected chi connectivity index (χ4v) is 1.04. The van der Waals surface area contributed by atoms with Crippen LogP contribution in [0.25, 0.3) is 0 Å². The predicted molar refractivity (Wildman–Crippen MR) is 48.1 cm³/mol. The minimum absolute atomic E-state index is 0.407. The van der Waals surface area contributed by atoms with Crippen LogP contribution >= 0.6 is 0 Å². The van der Waals surface area contributed by atoms with E-state index in [2.05, 4.69) is 6.58 Å². The van der Waals surface area contributed by atoms with Crippen molar-refractivity contribution in [1.29, 1.82) is 0 Å². The topological polar surface area (TPSA) is 26.0 Å². The summed E-state index contributed by atoms with van der Waals surface area (Å²) in [6.45, 7) is 5.34. The molecule has 2 N–H and O–H groups in total. The number of hydrogen-bond donors (Lipinski definition) is 1. The monoisotopic (exact) mass is 183 g/mol. The Balaban J connectivity index is 3.07. The maximum absolute atomic E-state index is 12.7. The molecular weight excluding hydrogens is 172 g/mol. The molecule has 1 rings (SSSR count). The Morgan fingerprint density at radius 3 is 2.15 bits per heavy atom. The molecule has 0 amide bonds. The second kappa shape index (κ2) is 3.66. The Hall–Kier alpha value is -1.22. The van der Waals surface area contributed by atoms with Gasteiger partial charge in [-0.05, 0) is 24.6 Å². The highest BCUT2D eigenvalue weighted by Gasteiger charge is 2.08. The highest BCUT2D eigenvalue weighted by Crippen LogP contribution is 2.19. The summed E-state index contributed by atoms with van der Waals surface area (Å²) >= 11 is 0. The molecule has 1 unspecified atom stereocenters. The first kappa shape index (κ1) is 9.86. The third kappa shape index (κ3) is 2.36. The normalized spacial score (nSPS) is 12.6. The Kier molecular flexibility index (Phi) is 2.78. The first-order valence-electron chi connectivity index (χ1n) is 3.87. The van der Waals surface area contributed by atoms with Gasteiger partial charge in [0.2, 0.25) is 0 Å². The molecule has 0 saturated carbocycles. The number of benzene rings is 1. The van der Waals surface area contributed by atoms with Gasteiger partial charge in [0.05, 0.1) is 6.04 Å². The average Bonchev–Trinajstić information content (AvgIpc) is 2.01. The Morgan fingerprint density at radius 2 is 1.77 bits per heavy atom. The van der Waals surface area contributed by atoms with Crippen LogP contribution < -0.4 is 5.73 Å². The number of hydrogen-bond acceptors (Lipinski definition) is 1. The molecule has 0 bridgehead atoms. The van der Waals surface area contributed by atoms with Crippen molar-refractivity contribution < 1.29 is 8.78 Å². The van der Waals surface area contributed by atoms with Crippen LogP contribution in [0.4, 0.5) is 8.78 Å². The standard InChI is InChI=1S/C10H11F2N/c1-6(2)10(13)7-3-8(11)5-9(12)4-7/h3-5,10H,1,13H2,2H3. The summed E-state index contributed by atoms with van der Waals surface area (Å²) in [5.74, 6) is -1.24. The van der Waals surface area contributed by atoms with Crippen molar-refractivity contribution in [1.82, 2.24) is 0 Å². The lowest BCUT2D eigenvalue weighted by atomic mass is 10.0. The van der Waals surface area contributed by atoms with Gasteiger partial charge in [0, 0.05) is 6.07 Å². The molecule has 1 nitrogen and oxygen atoms in total. The van der Waals surface area contributed by atoms with E-state index < -0.39 is 17.7 Å². The zero-order valence-corrected chi connectivity index (χ0v) is 7.35. The predicted octanol–water partition coefficient (Wildman–Crippen LogP) is 2.54. The number of rotatable bonds is 2. The first-order valence-corrected chi connectivity index (χ1v) is 3.87. The van der Waals surface area contributed by atoms with Crippen molar-refractivity contribution in [2.45, 2.75) is 13.0 Å². The molecule has 0 aliphatic rings. The molecular formula is C10H11F2N. The molecule has 1 aromatic carbocycles. The molecule has 0 aliphatic carbocycles. The molecule has 1 atom stereocenters. The smallest absolute Gasteiger partial charge is 0.126 e. The minimum Gasteiger partial charge on any atom is -0.321 e. The fourth-order valence-electron chi connectivity index (χ4n) is 1.04. The second-order valence-electron chi connectivity index (χ2n) is 3.03. The van der Waals surface area contributed by atoms with E-state index in [4.69, 9.17) is 5.73 Å². The molecule has 0 spiro atoms. The van der Waals surface area contributed by atoms with E-state index in [9.17, 15) is 8.78 Å². The molecule has 3 heteroatoms. The van der Waals surface area contributed by atoms with Crippen LogP contribution in [0.2, 0.25) is 0 Å². The van der Waals surface area contributed by atoms with Crippen LogP contribution in [0, 0.1) is 11.6 Å². The van der Waals surface area contributed by atoms with Gasteiger partial charge in [-0.25, -0.2) is 8.78 Å². The van der Waals surface area contributed by atoms with Crippen molar-refractivity contribution in [2.24, 2.45) is 5.73 Å². The van der Waals surface area contributed by atoms with Crippen LogP contribution in [0.5, 0.6) is 0 Å². The van der Waals surface area contributed by atoms with Gasteiger partial charge in [0.25, 0.3) is 0 Å². The third-order valence-corrected chi connectivity index (χ3v) is 1.77. The second-order valence-corrected chi connectivity index (χ2v) is 3.03. The number of halogens is 2. The van der Waals surface area contributed by atoms with Gasteiger partial charge < -0.3 is 5.73 Å². The molecule has 1 aromatic rings. The molecule has 0 aliphatic heterocycles. The lowest BCUT2D eigenvalue weighted by Crippen LogP contribution is -2.11. The summed E-state index contributed by atoms with van der Waals surface area (Å²) in [6, 6.07) is 2.73.